The van der Waals surface area contributed by atoms with Crippen LogP contribution in [0.15, 0.2) is 23.0 Å². The third-order valence-electron chi connectivity index (χ3n) is 2.31. The maximum atomic E-state index is 11.7. The number of nitro groups is 1. The number of benzene rings is 1. The van der Waals surface area contributed by atoms with Crippen LogP contribution in [0.5, 0.6) is 0 Å². The zero-order valence-electron chi connectivity index (χ0n) is 9.30. The molecule has 7 heteroatoms. The average Bonchev–Trinajstić information content (AvgIpc) is 2.28. The first-order valence-corrected chi connectivity index (χ1v) is 4.85. The molecule has 0 fully saturated rings. The Hall–Kier alpha value is -2.44. The highest BCUT2D eigenvalue weighted by Crippen LogP contribution is 2.17. The Morgan fingerprint density at radius 2 is 2.12 bits per heavy atom. The van der Waals surface area contributed by atoms with Gasteiger partial charge in [0, 0.05) is 26.2 Å². The SMILES string of the molecule is CN(C)c1nc2ccc([N+](=O)[O-])cc2c(=O)[nH]1. The zero-order valence-corrected chi connectivity index (χ0v) is 9.30. The number of non-ortho nitro benzene ring substituents is 1. The topological polar surface area (TPSA) is 92.1 Å². The van der Waals surface area contributed by atoms with Gasteiger partial charge in [-0.15, -0.1) is 0 Å². The molecular weight excluding hydrogens is 224 g/mol. The van der Waals surface area contributed by atoms with Crippen LogP contribution in [-0.2, 0) is 0 Å². The van der Waals surface area contributed by atoms with Crippen molar-refractivity contribution in [1.29, 1.82) is 0 Å². The Kier molecular flexibility index (Phi) is 2.51. The molecule has 0 radical (unpaired) electrons. The van der Waals surface area contributed by atoms with Gasteiger partial charge >= 0.3 is 0 Å². The number of aromatic amines is 1. The van der Waals surface area contributed by atoms with E-state index in [1.165, 1.54) is 18.2 Å². The second-order valence-electron chi connectivity index (χ2n) is 3.74. The minimum absolute atomic E-state index is 0.123. The van der Waals surface area contributed by atoms with Crippen molar-refractivity contribution in [2.45, 2.75) is 0 Å². The molecule has 88 valence electrons. The molecule has 1 N–H and O–H groups in total. The number of H-pyrrole nitrogens is 1. The molecule has 1 aromatic heterocycles. The van der Waals surface area contributed by atoms with E-state index in [4.69, 9.17) is 0 Å². The molecule has 7 nitrogen and oxygen atoms in total. The first kappa shape index (κ1) is 11.1. The predicted octanol–water partition coefficient (Wildman–Crippen LogP) is 0.897. The van der Waals surface area contributed by atoms with Crippen molar-refractivity contribution in [3.8, 4) is 0 Å². The largest absolute Gasteiger partial charge is 0.348 e. The van der Waals surface area contributed by atoms with Crippen LogP contribution < -0.4 is 10.5 Å². The van der Waals surface area contributed by atoms with E-state index in [9.17, 15) is 14.9 Å². The van der Waals surface area contributed by atoms with Crippen LogP contribution in [0.2, 0.25) is 0 Å². The quantitative estimate of drug-likeness (QED) is 0.615. The van der Waals surface area contributed by atoms with E-state index >= 15 is 0 Å². The normalized spacial score (nSPS) is 10.5. The Labute approximate surface area is 95.9 Å². The summed E-state index contributed by atoms with van der Waals surface area (Å²) in [4.78, 5) is 30.2. The van der Waals surface area contributed by atoms with Gasteiger partial charge in [-0.2, -0.15) is 0 Å². The lowest BCUT2D eigenvalue weighted by molar-refractivity contribution is -0.384. The lowest BCUT2D eigenvalue weighted by Crippen LogP contribution is -2.18. The molecular formula is C10H10N4O3. The van der Waals surface area contributed by atoms with Gasteiger partial charge in [-0.25, -0.2) is 4.98 Å². The summed E-state index contributed by atoms with van der Waals surface area (Å²) in [7, 11) is 3.49. The molecule has 1 aromatic carbocycles. The number of aromatic nitrogens is 2. The number of anilines is 1. The fourth-order valence-electron chi connectivity index (χ4n) is 1.44. The highest BCUT2D eigenvalue weighted by molar-refractivity contribution is 5.81. The van der Waals surface area contributed by atoms with Crippen molar-refractivity contribution < 1.29 is 4.92 Å². The van der Waals surface area contributed by atoms with E-state index < -0.39 is 4.92 Å². The lowest BCUT2D eigenvalue weighted by atomic mass is 10.2. The average molecular weight is 234 g/mol. The van der Waals surface area contributed by atoms with Crippen molar-refractivity contribution in [3.05, 3.63) is 38.7 Å². The molecule has 0 atom stereocenters. The Bertz CT molecular complexity index is 648. The maximum Gasteiger partial charge on any atom is 0.270 e. The second kappa shape index (κ2) is 3.85. The second-order valence-corrected chi connectivity index (χ2v) is 3.74. The number of fused-ring (bicyclic) bond motifs is 1. The summed E-state index contributed by atoms with van der Waals surface area (Å²) in [5.41, 5.74) is -0.0761. The molecule has 1 heterocycles. The number of nitrogens with one attached hydrogen (secondary N) is 1. The minimum atomic E-state index is -0.543. The van der Waals surface area contributed by atoms with Crippen molar-refractivity contribution in [1.82, 2.24) is 9.97 Å². The summed E-state index contributed by atoms with van der Waals surface area (Å²) in [5.74, 6) is 0.413. The Balaban J connectivity index is 2.73. The number of nitro benzene ring substituents is 1. The maximum absolute atomic E-state index is 11.7. The number of hydrogen-bond donors (Lipinski definition) is 1. The molecule has 0 amide bonds. The van der Waals surface area contributed by atoms with Crippen molar-refractivity contribution in [2.24, 2.45) is 0 Å². The fraction of sp³-hybridized carbons (Fsp3) is 0.200. The van der Waals surface area contributed by atoms with E-state index in [2.05, 4.69) is 9.97 Å². The minimum Gasteiger partial charge on any atom is -0.348 e. The van der Waals surface area contributed by atoms with Crippen LogP contribution in [0, 0.1) is 10.1 Å². The Morgan fingerprint density at radius 3 is 2.71 bits per heavy atom. The van der Waals surface area contributed by atoms with Gasteiger partial charge in [0.2, 0.25) is 5.95 Å². The van der Waals surface area contributed by atoms with E-state index in [0.29, 0.717) is 11.5 Å². The number of rotatable bonds is 2. The number of hydrogen-bond acceptors (Lipinski definition) is 5. The van der Waals surface area contributed by atoms with Gasteiger partial charge in [0.1, 0.15) is 0 Å². The van der Waals surface area contributed by atoms with Crippen molar-refractivity contribution in [2.75, 3.05) is 19.0 Å². The summed E-state index contributed by atoms with van der Waals surface area (Å²) in [6.07, 6.45) is 0. The van der Waals surface area contributed by atoms with Gasteiger partial charge in [-0.1, -0.05) is 0 Å². The summed E-state index contributed by atoms with van der Waals surface area (Å²) in [5, 5.41) is 10.8. The van der Waals surface area contributed by atoms with Crippen LogP contribution in [-0.4, -0.2) is 29.0 Å². The van der Waals surface area contributed by atoms with Crippen LogP contribution in [0.4, 0.5) is 11.6 Å². The monoisotopic (exact) mass is 234 g/mol. The molecule has 0 aliphatic heterocycles. The molecule has 0 saturated carbocycles. The summed E-state index contributed by atoms with van der Waals surface area (Å²) < 4.78 is 0. The smallest absolute Gasteiger partial charge is 0.270 e. The van der Waals surface area contributed by atoms with E-state index in [-0.39, 0.29) is 16.6 Å². The summed E-state index contributed by atoms with van der Waals surface area (Å²) in [6.45, 7) is 0. The third kappa shape index (κ3) is 1.94. The molecule has 2 aromatic rings. The standard InChI is InChI=1S/C10H10N4O3/c1-13(2)10-11-8-4-3-6(14(16)17)5-7(8)9(15)12-10/h3-5H,1-2H3,(H,11,12,15). The zero-order chi connectivity index (χ0) is 12.6. The first-order valence-electron chi connectivity index (χ1n) is 4.85. The highest BCUT2D eigenvalue weighted by Gasteiger charge is 2.10. The molecule has 0 bridgehead atoms. The van der Waals surface area contributed by atoms with Crippen molar-refractivity contribution in [3.63, 3.8) is 0 Å². The molecule has 0 aliphatic rings. The first-order chi connectivity index (χ1) is 7.99. The molecule has 2 rings (SSSR count). The van der Waals surface area contributed by atoms with Crippen LogP contribution in [0.1, 0.15) is 0 Å². The fourth-order valence-corrected chi connectivity index (χ4v) is 1.44. The van der Waals surface area contributed by atoms with Crippen molar-refractivity contribution >= 4 is 22.5 Å². The highest BCUT2D eigenvalue weighted by atomic mass is 16.6. The predicted molar refractivity (Wildman–Crippen MR) is 63.3 cm³/mol. The molecule has 0 aliphatic carbocycles. The van der Waals surface area contributed by atoms with Crippen LogP contribution in [0.3, 0.4) is 0 Å². The van der Waals surface area contributed by atoms with E-state index in [0.717, 1.165) is 0 Å². The molecule has 0 unspecified atom stereocenters. The van der Waals surface area contributed by atoms with Gasteiger partial charge in [-0.05, 0) is 6.07 Å². The van der Waals surface area contributed by atoms with Gasteiger partial charge in [0.25, 0.3) is 11.2 Å². The van der Waals surface area contributed by atoms with Gasteiger partial charge < -0.3 is 4.90 Å². The summed E-state index contributed by atoms with van der Waals surface area (Å²) in [6, 6.07) is 4.02. The van der Waals surface area contributed by atoms with Gasteiger partial charge in [0.15, 0.2) is 0 Å². The van der Waals surface area contributed by atoms with Crippen LogP contribution >= 0.6 is 0 Å². The van der Waals surface area contributed by atoms with Gasteiger partial charge in [0.05, 0.1) is 15.8 Å². The van der Waals surface area contributed by atoms with Crippen LogP contribution in [0.25, 0.3) is 10.9 Å². The Morgan fingerprint density at radius 1 is 1.41 bits per heavy atom. The molecule has 0 spiro atoms. The molecule has 0 saturated heterocycles. The summed E-state index contributed by atoms with van der Waals surface area (Å²) >= 11 is 0. The third-order valence-corrected chi connectivity index (χ3v) is 2.31. The van der Waals surface area contributed by atoms with E-state index in [1.54, 1.807) is 19.0 Å². The van der Waals surface area contributed by atoms with E-state index in [1.807, 2.05) is 0 Å². The lowest BCUT2D eigenvalue weighted by Gasteiger charge is -2.10. The van der Waals surface area contributed by atoms with Gasteiger partial charge in [-0.3, -0.25) is 19.9 Å². The number of nitrogens with zero attached hydrogens (tertiary/aromatic N) is 3. The molecule has 17 heavy (non-hydrogen) atoms.